The van der Waals surface area contributed by atoms with Crippen LogP contribution in [0.3, 0.4) is 0 Å². The number of nitrogens with zero attached hydrogens (tertiary/aromatic N) is 2. The SMILES string of the molecule is Cc1ccc(NC(=O)C(C)(C)C)c(OCc2cc(=O)n3oc(C)cc3n2)c1. The molecular weight excluding hydrogens is 346 g/mol. The average Bonchev–Trinajstić information content (AvgIpc) is 2.95. The quantitative estimate of drug-likeness (QED) is 0.761. The molecule has 1 aromatic carbocycles. The molecule has 2 aromatic heterocycles. The van der Waals surface area contributed by atoms with Crippen LogP contribution in [0.25, 0.3) is 5.65 Å². The van der Waals surface area contributed by atoms with E-state index in [0.717, 1.165) is 10.1 Å². The Morgan fingerprint density at radius 2 is 1.96 bits per heavy atom. The number of carbonyl (C=O) groups is 1. The fourth-order valence-electron chi connectivity index (χ4n) is 2.46. The molecule has 142 valence electrons. The first-order valence-electron chi connectivity index (χ1n) is 8.68. The van der Waals surface area contributed by atoms with Crippen LogP contribution in [0.5, 0.6) is 5.75 Å². The minimum atomic E-state index is -0.525. The Morgan fingerprint density at radius 3 is 2.67 bits per heavy atom. The predicted octanol–water partition coefficient (Wildman–Crippen LogP) is 3.47. The van der Waals surface area contributed by atoms with Crippen molar-refractivity contribution in [1.82, 2.24) is 9.56 Å². The molecule has 0 fully saturated rings. The smallest absolute Gasteiger partial charge is 0.287 e. The molecule has 0 bridgehead atoms. The number of fused-ring (bicyclic) bond motifs is 1. The lowest BCUT2D eigenvalue weighted by molar-refractivity contribution is -0.123. The standard InChI is InChI=1S/C20H23N3O4/c1-12-6-7-15(22-19(25)20(3,4)5)16(8-12)26-11-14-10-18(24)23-17(21-14)9-13(2)27-23/h6-10H,11H2,1-5H3,(H,22,25). The lowest BCUT2D eigenvalue weighted by Crippen LogP contribution is -2.27. The van der Waals surface area contributed by atoms with Gasteiger partial charge in [0.2, 0.25) is 5.91 Å². The highest BCUT2D eigenvalue weighted by atomic mass is 16.5. The maximum absolute atomic E-state index is 12.3. The van der Waals surface area contributed by atoms with Gasteiger partial charge in [-0.2, -0.15) is 0 Å². The van der Waals surface area contributed by atoms with Crippen molar-refractivity contribution >= 4 is 17.2 Å². The van der Waals surface area contributed by atoms with Crippen LogP contribution in [0.2, 0.25) is 0 Å². The molecule has 0 spiro atoms. The molecule has 7 nitrogen and oxygen atoms in total. The van der Waals surface area contributed by atoms with Crippen molar-refractivity contribution in [2.45, 2.75) is 41.2 Å². The Hall–Kier alpha value is -3.09. The van der Waals surface area contributed by atoms with Gasteiger partial charge in [-0.1, -0.05) is 26.8 Å². The summed E-state index contributed by atoms with van der Waals surface area (Å²) in [5.41, 5.74) is 1.66. The van der Waals surface area contributed by atoms with Gasteiger partial charge in [-0.05, 0) is 31.5 Å². The van der Waals surface area contributed by atoms with Crippen molar-refractivity contribution in [1.29, 1.82) is 0 Å². The van der Waals surface area contributed by atoms with Gasteiger partial charge in [0, 0.05) is 17.5 Å². The fraction of sp³-hybridized carbons (Fsp3) is 0.350. The van der Waals surface area contributed by atoms with Crippen molar-refractivity contribution < 1.29 is 14.1 Å². The van der Waals surface area contributed by atoms with Crippen LogP contribution in [0.4, 0.5) is 5.69 Å². The van der Waals surface area contributed by atoms with Gasteiger partial charge in [0.25, 0.3) is 5.56 Å². The molecule has 3 aromatic rings. The van der Waals surface area contributed by atoms with Gasteiger partial charge < -0.3 is 14.6 Å². The molecule has 0 unspecified atom stereocenters. The first kappa shape index (κ1) is 18.7. The van der Waals surface area contributed by atoms with E-state index in [0.29, 0.717) is 28.5 Å². The Balaban J connectivity index is 1.84. The number of anilines is 1. The van der Waals surface area contributed by atoms with Crippen LogP contribution in [0, 0.1) is 19.3 Å². The van der Waals surface area contributed by atoms with Crippen LogP contribution >= 0.6 is 0 Å². The number of nitrogens with one attached hydrogen (secondary N) is 1. The van der Waals surface area contributed by atoms with Gasteiger partial charge in [0.1, 0.15) is 18.1 Å². The fourth-order valence-corrected chi connectivity index (χ4v) is 2.46. The predicted molar refractivity (Wildman–Crippen MR) is 102 cm³/mol. The zero-order valence-electron chi connectivity index (χ0n) is 16.1. The van der Waals surface area contributed by atoms with Gasteiger partial charge in [-0.15, -0.1) is 4.57 Å². The van der Waals surface area contributed by atoms with Gasteiger partial charge in [0.15, 0.2) is 5.65 Å². The van der Waals surface area contributed by atoms with Crippen molar-refractivity contribution in [2.24, 2.45) is 5.41 Å². The monoisotopic (exact) mass is 369 g/mol. The highest BCUT2D eigenvalue weighted by Gasteiger charge is 2.22. The summed E-state index contributed by atoms with van der Waals surface area (Å²) >= 11 is 0. The molecule has 27 heavy (non-hydrogen) atoms. The van der Waals surface area contributed by atoms with Gasteiger partial charge in [-0.3, -0.25) is 9.59 Å². The third-order valence-electron chi connectivity index (χ3n) is 3.97. The molecule has 1 N–H and O–H groups in total. The highest BCUT2D eigenvalue weighted by Crippen LogP contribution is 2.28. The van der Waals surface area contributed by atoms with Crippen molar-refractivity contribution in [3.8, 4) is 5.75 Å². The molecular formula is C20H23N3O4. The van der Waals surface area contributed by atoms with Crippen LogP contribution < -0.4 is 15.6 Å². The molecule has 0 atom stereocenters. The van der Waals surface area contributed by atoms with E-state index in [4.69, 9.17) is 9.26 Å². The third-order valence-corrected chi connectivity index (χ3v) is 3.97. The second-order valence-corrected chi connectivity index (χ2v) is 7.58. The number of benzene rings is 1. The lowest BCUT2D eigenvalue weighted by Gasteiger charge is -2.19. The van der Waals surface area contributed by atoms with Crippen molar-refractivity contribution in [3.63, 3.8) is 0 Å². The molecule has 3 rings (SSSR count). The Bertz CT molecular complexity index is 1060. The van der Waals surface area contributed by atoms with E-state index in [-0.39, 0.29) is 18.1 Å². The van der Waals surface area contributed by atoms with E-state index in [2.05, 4.69) is 10.3 Å². The molecule has 0 radical (unpaired) electrons. The maximum Gasteiger partial charge on any atom is 0.287 e. The summed E-state index contributed by atoms with van der Waals surface area (Å²) in [4.78, 5) is 28.8. The number of aryl methyl sites for hydroxylation is 2. The average molecular weight is 369 g/mol. The maximum atomic E-state index is 12.3. The summed E-state index contributed by atoms with van der Waals surface area (Å²) in [6.45, 7) is 9.32. The van der Waals surface area contributed by atoms with E-state index < -0.39 is 5.41 Å². The second-order valence-electron chi connectivity index (χ2n) is 7.58. The summed E-state index contributed by atoms with van der Waals surface area (Å²) in [6.07, 6.45) is 0. The Labute approximate surface area is 156 Å². The zero-order valence-corrected chi connectivity index (χ0v) is 16.1. The zero-order chi connectivity index (χ0) is 19.8. The van der Waals surface area contributed by atoms with Crippen LogP contribution in [0.15, 0.2) is 39.6 Å². The number of carbonyl (C=O) groups excluding carboxylic acids is 1. The molecule has 2 heterocycles. The summed E-state index contributed by atoms with van der Waals surface area (Å²) in [6, 6.07) is 8.60. The van der Waals surface area contributed by atoms with Crippen molar-refractivity contribution in [3.05, 3.63) is 57.7 Å². The molecule has 0 aliphatic carbocycles. The summed E-state index contributed by atoms with van der Waals surface area (Å²) < 4.78 is 12.3. The Kier molecular flexibility index (Phi) is 4.78. The second kappa shape index (κ2) is 6.90. The molecule has 1 amide bonds. The van der Waals surface area contributed by atoms with E-state index >= 15 is 0 Å². The number of hydrogen-bond acceptors (Lipinski definition) is 5. The van der Waals surface area contributed by atoms with Gasteiger partial charge in [0.05, 0.1) is 11.4 Å². The first-order valence-corrected chi connectivity index (χ1v) is 8.68. The number of hydrogen-bond donors (Lipinski definition) is 1. The van der Waals surface area contributed by atoms with E-state index in [1.54, 1.807) is 19.1 Å². The van der Waals surface area contributed by atoms with E-state index in [1.807, 2.05) is 39.8 Å². The summed E-state index contributed by atoms with van der Waals surface area (Å²) in [5.74, 6) is 1.02. The van der Waals surface area contributed by atoms with Crippen LogP contribution in [-0.2, 0) is 11.4 Å². The first-order chi connectivity index (χ1) is 12.6. The highest BCUT2D eigenvalue weighted by molar-refractivity contribution is 5.95. The molecule has 0 aliphatic heterocycles. The van der Waals surface area contributed by atoms with Crippen molar-refractivity contribution in [2.75, 3.05) is 5.32 Å². The Morgan fingerprint density at radius 1 is 1.22 bits per heavy atom. The topological polar surface area (TPSA) is 85.8 Å². The summed E-state index contributed by atoms with van der Waals surface area (Å²) in [5, 5.41) is 2.89. The molecule has 0 aliphatic rings. The number of amides is 1. The minimum absolute atomic E-state index is 0.0950. The summed E-state index contributed by atoms with van der Waals surface area (Å²) in [7, 11) is 0. The third kappa shape index (κ3) is 4.19. The van der Waals surface area contributed by atoms with E-state index in [1.165, 1.54) is 6.07 Å². The number of rotatable bonds is 4. The van der Waals surface area contributed by atoms with E-state index in [9.17, 15) is 9.59 Å². The van der Waals surface area contributed by atoms with Gasteiger partial charge >= 0.3 is 0 Å². The molecule has 7 heteroatoms. The number of aromatic nitrogens is 2. The minimum Gasteiger partial charge on any atom is -0.485 e. The van der Waals surface area contributed by atoms with Crippen LogP contribution in [-0.4, -0.2) is 15.5 Å². The molecule has 0 saturated carbocycles. The van der Waals surface area contributed by atoms with Crippen LogP contribution in [0.1, 0.15) is 37.8 Å². The lowest BCUT2D eigenvalue weighted by atomic mass is 9.95. The number of ether oxygens (including phenoxy) is 1. The largest absolute Gasteiger partial charge is 0.485 e. The molecule has 0 saturated heterocycles. The normalized spacial score (nSPS) is 11.6. The van der Waals surface area contributed by atoms with Gasteiger partial charge in [-0.25, -0.2) is 4.98 Å².